The predicted molar refractivity (Wildman–Crippen MR) is 65.8 cm³/mol. The van der Waals surface area contributed by atoms with Crippen molar-refractivity contribution in [3.05, 3.63) is 36.0 Å². The van der Waals surface area contributed by atoms with Gasteiger partial charge in [-0.05, 0) is 11.6 Å². The predicted octanol–water partition coefficient (Wildman–Crippen LogP) is 1.18. The molecule has 6 nitrogen and oxygen atoms in total. The van der Waals surface area contributed by atoms with Crippen LogP contribution in [-0.4, -0.2) is 26.8 Å². The van der Waals surface area contributed by atoms with E-state index in [-0.39, 0.29) is 11.7 Å². The minimum Gasteiger partial charge on any atom is -0.416 e. The smallest absolute Gasteiger partial charge is 0.277 e. The third kappa shape index (κ3) is 3.85. The third-order valence-electron chi connectivity index (χ3n) is 2.05. The van der Waals surface area contributed by atoms with Crippen LogP contribution in [0.25, 0.3) is 0 Å². The summed E-state index contributed by atoms with van der Waals surface area (Å²) in [6.07, 6.45) is 3.41. The summed E-state index contributed by atoms with van der Waals surface area (Å²) in [5.74, 6) is 0.662. The van der Waals surface area contributed by atoms with Crippen LogP contribution in [0, 0.1) is 6.92 Å². The van der Waals surface area contributed by atoms with Gasteiger partial charge < -0.3 is 9.73 Å². The first-order valence-corrected chi connectivity index (χ1v) is 6.31. The number of hydrogen-bond donors (Lipinski definition) is 1. The van der Waals surface area contributed by atoms with Crippen LogP contribution in [0.4, 0.5) is 0 Å². The Hall–Kier alpha value is -1.89. The topological polar surface area (TPSA) is 80.9 Å². The van der Waals surface area contributed by atoms with E-state index in [4.69, 9.17) is 4.42 Å². The minimum absolute atomic E-state index is 0.0836. The Morgan fingerprint density at radius 1 is 1.50 bits per heavy atom. The fraction of sp³-hybridized carbons (Fsp3) is 0.273. The van der Waals surface area contributed by atoms with Gasteiger partial charge in [0.1, 0.15) is 0 Å². The van der Waals surface area contributed by atoms with Gasteiger partial charge >= 0.3 is 0 Å². The molecule has 94 valence electrons. The van der Waals surface area contributed by atoms with Crippen molar-refractivity contribution in [2.75, 3.05) is 5.75 Å². The maximum absolute atomic E-state index is 11.6. The van der Waals surface area contributed by atoms with Gasteiger partial charge in [-0.2, -0.15) is 0 Å². The molecule has 0 aliphatic heterocycles. The number of aryl methyl sites for hydroxylation is 1. The maximum atomic E-state index is 11.6. The fourth-order valence-electron chi connectivity index (χ4n) is 1.22. The second-order valence-corrected chi connectivity index (χ2v) is 4.44. The summed E-state index contributed by atoms with van der Waals surface area (Å²) in [6, 6.07) is 3.74. The van der Waals surface area contributed by atoms with E-state index in [1.165, 1.54) is 11.8 Å². The number of aromatic nitrogens is 3. The molecule has 1 amide bonds. The van der Waals surface area contributed by atoms with Gasteiger partial charge in [0.2, 0.25) is 11.8 Å². The number of hydrogen-bond acceptors (Lipinski definition) is 6. The van der Waals surface area contributed by atoms with Crippen LogP contribution in [-0.2, 0) is 11.3 Å². The van der Waals surface area contributed by atoms with Gasteiger partial charge in [-0.3, -0.25) is 9.78 Å². The summed E-state index contributed by atoms with van der Waals surface area (Å²) in [4.78, 5) is 15.5. The Morgan fingerprint density at radius 3 is 3.06 bits per heavy atom. The summed E-state index contributed by atoms with van der Waals surface area (Å²) >= 11 is 1.22. The van der Waals surface area contributed by atoms with E-state index in [0.29, 0.717) is 17.7 Å². The Bertz CT molecular complexity index is 515. The molecule has 0 aliphatic rings. The van der Waals surface area contributed by atoms with Gasteiger partial charge in [-0.15, -0.1) is 10.2 Å². The number of rotatable bonds is 5. The molecule has 2 aromatic rings. The fourth-order valence-corrected chi connectivity index (χ4v) is 1.85. The number of amides is 1. The lowest BCUT2D eigenvalue weighted by molar-refractivity contribution is -0.118. The van der Waals surface area contributed by atoms with E-state index < -0.39 is 0 Å². The first-order valence-electron chi connectivity index (χ1n) is 5.32. The van der Waals surface area contributed by atoms with Crippen molar-refractivity contribution in [2.24, 2.45) is 0 Å². The molecule has 0 fully saturated rings. The second kappa shape index (κ2) is 6.15. The molecule has 0 unspecified atom stereocenters. The third-order valence-corrected chi connectivity index (χ3v) is 2.87. The van der Waals surface area contributed by atoms with Crippen molar-refractivity contribution in [3.63, 3.8) is 0 Å². The molecule has 0 atom stereocenters. The standard InChI is InChI=1S/C11H12N4O2S/c1-8-14-15-11(17-8)18-7-10(16)13-6-9-3-2-4-12-5-9/h2-5H,6-7H2,1H3,(H,13,16). The average molecular weight is 264 g/mol. The van der Waals surface area contributed by atoms with Crippen molar-refractivity contribution in [2.45, 2.75) is 18.7 Å². The molecule has 0 saturated heterocycles. The number of pyridine rings is 1. The minimum atomic E-state index is -0.0836. The van der Waals surface area contributed by atoms with Crippen molar-refractivity contribution < 1.29 is 9.21 Å². The normalized spacial score (nSPS) is 10.3. The Kier molecular flexibility index (Phi) is 4.30. The van der Waals surface area contributed by atoms with Crippen LogP contribution >= 0.6 is 11.8 Å². The molecule has 0 radical (unpaired) electrons. The number of carbonyl (C=O) groups excluding carboxylic acids is 1. The maximum Gasteiger partial charge on any atom is 0.277 e. The van der Waals surface area contributed by atoms with Crippen LogP contribution in [0.2, 0.25) is 0 Å². The lowest BCUT2D eigenvalue weighted by atomic mass is 10.3. The molecule has 1 N–H and O–H groups in total. The van der Waals surface area contributed by atoms with E-state index in [9.17, 15) is 4.79 Å². The van der Waals surface area contributed by atoms with Crippen molar-refractivity contribution >= 4 is 17.7 Å². The molecular weight excluding hydrogens is 252 g/mol. The van der Waals surface area contributed by atoms with E-state index >= 15 is 0 Å². The highest BCUT2D eigenvalue weighted by Crippen LogP contribution is 2.14. The van der Waals surface area contributed by atoms with Gasteiger partial charge in [0.25, 0.3) is 5.22 Å². The lowest BCUT2D eigenvalue weighted by Gasteiger charge is -2.03. The summed E-state index contributed by atoms with van der Waals surface area (Å²) in [5, 5.41) is 10.7. The molecule has 18 heavy (non-hydrogen) atoms. The van der Waals surface area contributed by atoms with E-state index in [0.717, 1.165) is 5.56 Å². The van der Waals surface area contributed by atoms with E-state index in [1.54, 1.807) is 19.3 Å². The quantitative estimate of drug-likeness (QED) is 0.817. The van der Waals surface area contributed by atoms with Crippen molar-refractivity contribution in [1.29, 1.82) is 0 Å². The highest BCUT2D eigenvalue weighted by Gasteiger charge is 2.07. The first kappa shape index (κ1) is 12.6. The van der Waals surface area contributed by atoms with Crippen LogP contribution in [0.1, 0.15) is 11.5 Å². The number of nitrogens with zero attached hydrogens (tertiary/aromatic N) is 3. The molecule has 0 spiro atoms. The Balaban J connectivity index is 1.73. The molecule has 2 heterocycles. The summed E-state index contributed by atoms with van der Waals surface area (Å²) in [5.41, 5.74) is 0.962. The zero-order valence-electron chi connectivity index (χ0n) is 9.79. The first-order chi connectivity index (χ1) is 8.74. The molecule has 0 aromatic carbocycles. The van der Waals surface area contributed by atoms with Gasteiger partial charge in [0, 0.05) is 25.9 Å². The second-order valence-electron chi connectivity index (χ2n) is 3.51. The van der Waals surface area contributed by atoms with Crippen molar-refractivity contribution in [3.8, 4) is 0 Å². The molecular formula is C11H12N4O2S. The van der Waals surface area contributed by atoms with Gasteiger partial charge in [-0.25, -0.2) is 0 Å². The Morgan fingerprint density at radius 2 is 2.39 bits per heavy atom. The lowest BCUT2D eigenvalue weighted by Crippen LogP contribution is -2.24. The number of nitrogens with one attached hydrogen (secondary N) is 1. The van der Waals surface area contributed by atoms with Crippen LogP contribution in [0.5, 0.6) is 0 Å². The van der Waals surface area contributed by atoms with Crippen molar-refractivity contribution in [1.82, 2.24) is 20.5 Å². The molecule has 0 saturated carbocycles. The van der Waals surface area contributed by atoms with Gasteiger partial charge in [0.05, 0.1) is 5.75 Å². The van der Waals surface area contributed by atoms with E-state index in [1.807, 2.05) is 12.1 Å². The highest BCUT2D eigenvalue weighted by molar-refractivity contribution is 7.99. The molecule has 7 heteroatoms. The average Bonchev–Trinajstić information content (AvgIpc) is 2.81. The highest BCUT2D eigenvalue weighted by atomic mass is 32.2. The molecule has 0 bridgehead atoms. The van der Waals surface area contributed by atoms with Gasteiger partial charge in [0.15, 0.2) is 0 Å². The molecule has 0 aliphatic carbocycles. The van der Waals surface area contributed by atoms with Crippen LogP contribution in [0.3, 0.4) is 0 Å². The largest absolute Gasteiger partial charge is 0.416 e. The monoisotopic (exact) mass is 264 g/mol. The number of carbonyl (C=O) groups is 1. The summed E-state index contributed by atoms with van der Waals surface area (Å²) in [7, 11) is 0. The zero-order valence-corrected chi connectivity index (χ0v) is 10.6. The van der Waals surface area contributed by atoms with E-state index in [2.05, 4.69) is 20.5 Å². The number of thioether (sulfide) groups is 1. The zero-order chi connectivity index (χ0) is 12.8. The van der Waals surface area contributed by atoms with Crippen LogP contribution in [0.15, 0.2) is 34.2 Å². The van der Waals surface area contributed by atoms with Crippen LogP contribution < -0.4 is 5.32 Å². The molecule has 2 aromatic heterocycles. The van der Waals surface area contributed by atoms with Gasteiger partial charge in [-0.1, -0.05) is 17.8 Å². The Labute approximate surface area is 108 Å². The molecule has 2 rings (SSSR count). The SMILES string of the molecule is Cc1nnc(SCC(=O)NCc2cccnc2)o1. The summed E-state index contributed by atoms with van der Waals surface area (Å²) < 4.78 is 5.15. The summed E-state index contributed by atoms with van der Waals surface area (Å²) in [6.45, 7) is 2.18.